The Hall–Kier alpha value is -1.43. The summed E-state index contributed by atoms with van der Waals surface area (Å²) < 4.78 is 48.0. The number of hydrogen-bond donors (Lipinski definition) is 0. The zero-order chi connectivity index (χ0) is 18.2. The van der Waals surface area contributed by atoms with Gasteiger partial charge < -0.3 is 9.47 Å². The summed E-state index contributed by atoms with van der Waals surface area (Å²) >= 11 is 0. The third-order valence-electron chi connectivity index (χ3n) is 3.13. The number of rotatable bonds is 6. The number of hydrogen-bond acceptors (Lipinski definition) is 3. The van der Waals surface area contributed by atoms with Crippen LogP contribution in [-0.2, 0) is 6.54 Å². The van der Waals surface area contributed by atoms with Crippen LogP contribution in [0.5, 0.6) is 11.5 Å². The average Bonchev–Trinajstić information content (AvgIpc) is 2.46. The monoisotopic (exact) mass is 335 g/mol. The van der Waals surface area contributed by atoms with E-state index in [-0.39, 0.29) is 12.5 Å². The van der Waals surface area contributed by atoms with Crippen molar-refractivity contribution in [3.63, 3.8) is 0 Å². The normalized spacial score (nSPS) is 11.3. The fourth-order valence-corrected chi connectivity index (χ4v) is 2.37. The van der Waals surface area contributed by atoms with Gasteiger partial charge in [0.15, 0.2) is 0 Å². The Balaban J connectivity index is 0.00000232. The topological polar surface area (TPSA) is 21.7 Å². The quantitative estimate of drug-likeness (QED) is 0.742. The van der Waals surface area contributed by atoms with Crippen molar-refractivity contribution < 1.29 is 22.6 Å². The molecule has 0 saturated carbocycles. The second-order valence-electron chi connectivity index (χ2n) is 5.32. The highest BCUT2D eigenvalue weighted by Crippen LogP contribution is 2.38. The Morgan fingerprint density at radius 1 is 1.09 bits per heavy atom. The second-order valence-corrected chi connectivity index (χ2v) is 5.32. The van der Waals surface area contributed by atoms with Crippen molar-refractivity contribution in [2.24, 2.45) is 0 Å². The molecule has 134 valence electrons. The first-order valence-corrected chi connectivity index (χ1v) is 7.68. The lowest BCUT2D eigenvalue weighted by Gasteiger charge is -2.23. The van der Waals surface area contributed by atoms with Crippen LogP contribution in [0.1, 0.15) is 44.7 Å². The van der Waals surface area contributed by atoms with Gasteiger partial charge >= 0.3 is 6.18 Å². The molecule has 0 N–H and O–H groups in total. The average molecular weight is 335 g/mol. The number of benzene rings is 1. The van der Waals surface area contributed by atoms with Crippen LogP contribution in [0.25, 0.3) is 0 Å². The zero-order valence-corrected chi connectivity index (χ0v) is 15.0. The SMILES string of the molecule is CC.COc1ccc(CN(C)CC(F)(F)F)c(OC)c1C(C)C. The number of methoxy groups -OCH3 is 2. The molecule has 23 heavy (non-hydrogen) atoms. The summed E-state index contributed by atoms with van der Waals surface area (Å²) in [6, 6.07) is 3.52. The molecule has 0 radical (unpaired) electrons. The summed E-state index contributed by atoms with van der Waals surface area (Å²) in [7, 11) is 4.52. The fourth-order valence-electron chi connectivity index (χ4n) is 2.37. The highest BCUT2D eigenvalue weighted by molar-refractivity contribution is 5.51. The molecule has 1 rings (SSSR count). The van der Waals surface area contributed by atoms with Gasteiger partial charge in [-0.05, 0) is 19.0 Å². The van der Waals surface area contributed by atoms with Gasteiger partial charge in [-0.2, -0.15) is 13.2 Å². The molecule has 0 heterocycles. The van der Waals surface area contributed by atoms with Crippen LogP contribution < -0.4 is 9.47 Å². The van der Waals surface area contributed by atoms with E-state index in [2.05, 4.69) is 0 Å². The molecule has 0 aromatic heterocycles. The molecule has 3 nitrogen and oxygen atoms in total. The molecular weight excluding hydrogens is 307 g/mol. The number of alkyl halides is 3. The Kier molecular flexibility index (Phi) is 9.05. The number of halogens is 3. The van der Waals surface area contributed by atoms with E-state index in [1.807, 2.05) is 27.7 Å². The molecule has 0 spiro atoms. The highest BCUT2D eigenvalue weighted by atomic mass is 19.4. The molecule has 1 aromatic carbocycles. The van der Waals surface area contributed by atoms with Crippen molar-refractivity contribution in [2.45, 2.75) is 46.3 Å². The van der Waals surface area contributed by atoms with Crippen molar-refractivity contribution in [3.05, 3.63) is 23.3 Å². The Labute approximate surface area is 137 Å². The molecule has 0 aliphatic rings. The molecule has 0 saturated heterocycles. The van der Waals surface area contributed by atoms with Gasteiger partial charge in [0.1, 0.15) is 11.5 Å². The molecule has 0 bridgehead atoms. The van der Waals surface area contributed by atoms with Gasteiger partial charge in [-0.25, -0.2) is 0 Å². The van der Waals surface area contributed by atoms with E-state index in [9.17, 15) is 13.2 Å². The third kappa shape index (κ3) is 6.69. The van der Waals surface area contributed by atoms with Crippen molar-refractivity contribution >= 4 is 0 Å². The summed E-state index contributed by atoms with van der Waals surface area (Å²) in [5.41, 5.74) is 1.59. The van der Waals surface area contributed by atoms with Crippen molar-refractivity contribution in [3.8, 4) is 11.5 Å². The highest BCUT2D eigenvalue weighted by Gasteiger charge is 2.29. The molecule has 0 amide bonds. The van der Waals surface area contributed by atoms with Gasteiger partial charge in [-0.1, -0.05) is 33.8 Å². The van der Waals surface area contributed by atoms with Crippen LogP contribution in [0.3, 0.4) is 0 Å². The van der Waals surface area contributed by atoms with Gasteiger partial charge in [0.2, 0.25) is 0 Å². The van der Waals surface area contributed by atoms with Gasteiger partial charge in [-0.3, -0.25) is 4.90 Å². The predicted molar refractivity (Wildman–Crippen MR) is 87.4 cm³/mol. The largest absolute Gasteiger partial charge is 0.496 e. The predicted octanol–water partition coefficient (Wildman–Crippen LogP) is 4.85. The molecule has 0 unspecified atom stereocenters. The summed E-state index contributed by atoms with van der Waals surface area (Å²) in [6.45, 7) is 7.18. The standard InChI is InChI=1S/C15H22F3NO2.C2H6/c1-10(2)13-12(20-4)7-6-11(14(13)21-5)8-19(3)9-15(16,17)18;1-2/h6-7,10H,8-9H2,1-5H3;1-2H3. The van der Waals surface area contributed by atoms with Crippen molar-refractivity contribution in [1.82, 2.24) is 4.90 Å². The lowest BCUT2D eigenvalue weighted by Crippen LogP contribution is -2.30. The van der Waals surface area contributed by atoms with E-state index in [4.69, 9.17) is 9.47 Å². The number of nitrogens with zero attached hydrogens (tertiary/aromatic N) is 1. The van der Waals surface area contributed by atoms with Crippen LogP contribution in [0.2, 0.25) is 0 Å². The summed E-state index contributed by atoms with van der Waals surface area (Å²) in [4.78, 5) is 1.22. The number of ether oxygens (including phenoxy) is 2. The molecule has 0 atom stereocenters. The Morgan fingerprint density at radius 3 is 2.04 bits per heavy atom. The maximum absolute atomic E-state index is 12.4. The summed E-state index contributed by atoms with van der Waals surface area (Å²) in [5.74, 6) is 1.42. The first-order chi connectivity index (χ1) is 10.7. The van der Waals surface area contributed by atoms with Crippen LogP contribution >= 0.6 is 0 Å². The molecule has 1 aromatic rings. The summed E-state index contributed by atoms with van der Waals surface area (Å²) in [6.07, 6.45) is -4.21. The lowest BCUT2D eigenvalue weighted by atomic mass is 9.97. The Bertz CT molecular complexity index is 474. The van der Waals surface area contributed by atoms with Gasteiger partial charge in [0.05, 0.1) is 20.8 Å². The molecule has 0 aliphatic heterocycles. The van der Waals surface area contributed by atoms with Gasteiger partial charge in [-0.15, -0.1) is 0 Å². The molecule has 0 fully saturated rings. The van der Waals surface area contributed by atoms with E-state index in [0.717, 1.165) is 5.56 Å². The van der Waals surface area contributed by atoms with Crippen LogP contribution in [0, 0.1) is 0 Å². The van der Waals surface area contributed by atoms with E-state index < -0.39 is 12.7 Å². The van der Waals surface area contributed by atoms with E-state index >= 15 is 0 Å². The van der Waals surface area contributed by atoms with Gasteiger partial charge in [0, 0.05) is 17.7 Å². The van der Waals surface area contributed by atoms with Crippen LogP contribution in [0.4, 0.5) is 13.2 Å². The smallest absolute Gasteiger partial charge is 0.401 e. The second kappa shape index (κ2) is 9.65. The first-order valence-electron chi connectivity index (χ1n) is 7.68. The minimum Gasteiger partial charge on any atom is -0.496 e. The Morgan fingerprint density at radius 2 is 1.65 bits per heavy atom. The van der Waals surface area contributed by atoms with Crippen LogP contribution in [0.15, 0.2) is 12.1 Å². The molecular formula is C17H28F3NO2. The minimum absolute atomic E-state index is 0.141. The minimum atomic E-state index is -4.21. The van der Waals surface area contributed by atoms with E-state index in [1.165, 1.54) is 19.1 Å². The molecule has 6 heteroatoms. The van der Waals surface area contributed by atoms with Crippen LogP contribution in [-0.4, -0.2) is 38.9 Å². The zero-order valence-electron chi connectivity index (χ0n) is 15.0. The maximum atomic E-state index is 12.4. The first kappa shape index (κ1) is 21.6. The maximum Gasteiger partial charge on any atom is 0.401 e. The fraction of sp³-hybridized carbons (Fsp3) is 0.647. The third-order valence-corrected chi connectivity index (χ3v) is 3.13. The van der Waals surface area contributed by atoms with Gasteiger partial charge in [0.25, 0.3) is 0 Å². The van der Waals surface area contributed by atoms with Crippen molar-refractivity contribution in [1.29, 1.82) is 0 Å². The molecule has 0 aliphatic carbocycles. The van der Waals surface area contributed by atoms with E-state index in [1.54, 1.807) is 19.2 Å². The lowest BCUT2D eigenvalue weighted by molar-refractivity contribution is -0.144. The van der Waals surface area contributed by atoms with E-state index in [0.29, 0.717) is 17.1 Å². The van der Waals surface area contributed by atoms with Crippen molar-refractivity contribution in [2.75, 3.05) is 27.8 Å². The summed E-state index contributed by atoms with van der Waals surface area (Å²) in [5, 5.41) is 0.